The Kier molecular flexibility index (Phi) is 7.60. The van der Waals surface area contributed by atoms with E-state index in [2.05, 4.69) is 9.71 Å². The van der Waals surface area contributed by atoms with Crippen LogP contribution in [-0.2, 0) is 21.2 Å². The van der Waals surface area contributed by atoms with Crippen LogP contribution in [0.15, 0.2) is 58.5 Å². The van der Waals surface area contributed by atoms with Crippen LogP contribution >= 0.6 is 0 Å². The average Bonchev–Trinajstić information content (AvgIpc) is 3.15. The summed E-state index contributed by atoms with van der Waals surface area (Å²) >= 11 is 0. The fourth-order valence-corrected chi connectivity index (χ4v) is 6.21. The van der Waals surface area contributed by atoms with E-state index in [9.17, 15) is 13.2 Å². The van der Waals surface area contributed by atoms with Gasteiger partial charge in [-0.05, 0) is 55.9 Å². The number of methoxy groups -OCH3 is 1. The maximum atomic E-state index is 13.0. The summed E-state index contributed by atoms with van der Waals surface area (Å²) in [6.45, 7) is 5.73. The van der Waals surface area contributed by atoms with Crippen molar-refractivity contribution in [3.05, 3.63) is 70.8 Å². The second-order valence-electron chi connectivity index (χ2n) is 9.07. The molecule has 0 radical (unpaired) electrons. The van der Waals surface area contributed by atoms with Gasteiger partial charge in [0.25, 0.3) is 10.0 Å². The van der Waals surface area contributed by atoms with E-state index >= 15 is 0 Å². The van der Waals surface area contributed by atoms with E-state index in [1.807, 2.05) is 67.3 Å². The summed E-state index contributed by atoms with van der Waals surface area (Å²) in [6, 6.07) is 15.4. The summed E-state index contributed by atoms with van der Waals surface area (Å²) in [5, 5.41) is 3.06. The van der Waals surface area contributed by atoms with Crippen molar-refractivity contribution in [1.82, 2.24) is 10.2 Å². The second kappa shape index (κ2) is 10.6. The minimum Gasteiger partial charge on any atom is -0.497 e. The Bertz CT molecular complexity index is 1220. The van der Waals surface area contributed by atoms with Crippen molar-refractivity contribution < 1.29 is 17.9 Å². The van der Waals surface area contributed by atoms with E-state index in [1.165, 1.54) is 0 Å². The number of nitrogens with zero attached hydrogens (tertiary/aromatic N) is 2. The zero-order valence-corrected chi connectivity index (χ0v) is 21.4. The number of piperidine rings is 1. The largest absolute Gasteiger partial charge is 0.497 e. The molecule has 2 heterocycles. The molecule has 186 valence electrons. The number of benzene rings is 2. The molecule has 1 N–H and O–H groups in total. The third-order valence-corrected chi connectivity index (χ3v) is 8.12. The van der Waals surface area contributed by atoms with Crippen LogP contribution < -0.4 is 10.1 Å². The number of amides is 1. The highest BCUT2D eigenvalue weighted by atomic mass is 32.2. The molecule has 1 fully saturated rings. The molecular weight excluding hydrogens is 462 g/mol. The van der Waals surface area contributed by atoms with Gasteiger partial charge < -0.3 is 15.0 Å². The quantitative estimate of drug-likeness (QED) is 0.629. The third-order valence-electron chi connectivity index (χ3n) is 6.71. The van der Waals surface area contributed by atoms with E-state index in [0.717, 1.165) is 28.9 Å². The Hall–Kier alpha value is -3.13. The van der Waals surface area contributed by atoms with Gasteiger partial charge in [-0.15, -0.1) is 4.40 Å². The molecule has 2 aromatic rings. The Balaban J connectivity index is 1.36. The maximum Gasteiger partial charge on any atom is 0.285 e. The van der Waals surface area contributed by atoms with Gasteiger partial charge in [-0.1, -0.05) is 48.9 Å². The van der Waals surface area contributed by atoms with Crippen molar-refractivity contribution in [2.75, 3.05) is 26.7 Å². The van der Waals surface area contributed by atoms with E-state index < -0.39 is 10.0 Å². The lowest BCUT2D eigenvalue weighted by atomic mass is 9.94. The van der Waals surface area contributed by atoms with Crippen molar-refractivity contribution >= 4 is 26.7 Å². The molecule has 2 aliphatic heterocycles. The summed E-state index contributed by atoms with van der Waals surface area (Å²) in [5.41, 5.74) is 3.66. The predicted octanol–water partition coefficient (Wildman–Crippen LogP) is 3.94. The van der Waals surface area contributed by atoms with Crippen LogP contribution in [0.1, 0.15) is 42.9 Å². The normalized spacial score (nSPS) is 17.9. The monoisotopic (exact) mass is 495 g/mol. The van der Waals surface area contributed by atoms with Gasteiger partial charge in [0.1, 0.15) is 16.5 Å². The molecule has 2 aliphatic rings. The van der Waals surface area contributed by atoms with Gasteiger partial charge in [0.05, 0.1) is 7.11 Å². The Labute approximate surface area is 208 Å². The number of nitrogens with one attached hydrogen (secondary N) is 1. The van der Waals surface area contributed by atoms with Gasteiger partial charge in [-0.3, -0.25) is 4.79 Å². The highest BCUT2D eigenvalue weighted by molar-refractivity contribution is 8.00. The van der Waals surface area contributed by atoms with E-state index in [4.69, 9.17) is 4.74 Å². The molecular formula is C27H33N3O4S. The first-order valence-electron chi connectivity index (χ1n) is 12.1. The van der Waals surface area contributed by atoms with Crippen LogP contribution in [0.4, 0.5) is 0 Å². The van der Waals surface area contributed by atoms with Gasteiger partial charge in [0.15, 0.2) is 0 Å². The summed E-state index contributed by atoms with van der Waals surface area (Å²) < 4.78 is 35.3. The van der Waals surface area contributed by atoms with Crippen molar-refractivity contribution in [3.8, 4) is 5.75 Å². The van der Waals surface area contributed by atoms with Crippen molar-refractivity contribution in [3.63, 3.8) is 0 Å². The first-order valence-corrected chi connectivity index (χ1v) is 13.6. The van der Waals surface area contributed by atoms with Crippen molar-refractivity contribution in [2.24, 2.45) is 10.3 Å². The number of rotatable bonds is 7. The molecule has 0 bridgehead atoms. The molecule has 2 aromatic carbocycles. The zero-order valence-electron chi connectivity index (χ0n) is 20.6. The number of hydrogen-bond donors (Lipinski definition) is 1. The zero-order chi connectivity index (χ0) is 25.0. The Morgan fingerprint density at radius 1 is 1.09 bits per heavy atom. The van der Waals surface area contributed by atoms with Crippen molar-refractivity contribution in [2.45, 2.75) is 39.5 Å². The number of carbonyl (C=O) groups excluding carboxylic acids is 1. The molecule has 0 unspecified atom stereocenters. The smallest absolute Gasteiger partial charge is 0.285 e. The lowest BCUT2D eigenvalue weighted by Crippen LogP contribution is -2.43. The second-order valence-corrected chi connectivity index (χ2v) is 10.6. The summed E-state index contributed by atoms with van der Waals surface area (Å²) in [5.74, 6) is 1.34. The number of aryl methyl sites for hydroxylation is 1. The van der Waals surface area contributed by atoms with Gasteiger partial charge in [-0.2, -0.15) is 8.42 Å². The molecule has 0 saturated carbocycles. The number of likely N-dealkylation sites (tertiary alicyclic amines) is 1. The van der Waals surface area contributed by atoms with E-state index in [-0.39, 0.29) is 11.8 Å². The molecule has 0 aliphatic carbocycles. The lowest BCUT2D eigenvalue weighted by Gasteiger charge is -2.33. The molecule has 0 spiro atoms. The standard InChI is InChI=1S/C27H33N3O4S/c1-4-24-25(21-9-5-19(2)6-10-21)35(32,33)29-26(24)30-17-14-22(15-18-30)27(31)28-16-13-20-7-11-23(34-3)12-8-20/h5-12,22H,4,13-18H2,1-3H3,(H,28,31). The summed E-state index contributed by atoms with van der Waals surface area (Å²) in [4.78, 5) is 15.1. The maximum absolute atomic E-state index is 13.0. The third kappa shape index (κ3) is 5.59. The molecule has 4 rings (SSSR count). The van der Waals surface area contributed by atoms with E-state index in [1.54, 1.807) is 7.11 Å². The highest BCUT2D eigenvalue weighted by Crippen LogP contribution is 2.36. The SMILES string of the molecule is CCC1=C(c2ccc(C)cc2)S(=O)(=O)N=C1N1CCC(C(=O)NCCc2ccc(OC)cc2)CC1. The minimum atomic E-state index is -3.75. The van der Waals surface area contributed by atoms with Crippen LogP contribution in [0.3, 0.4) is 0 Å². The Morgan fingerprint density at radius 3 is 2.34 bits per heavy atom. The molecule has 7 nitrogen and oxygen atoms in total. The van der Waals surface area contributed by atoms with Gasteiger partial charge >= 0.3 is 0 Å². The number of amidine groups is 1. The number of ether oxygens (including phenoxy) is 1. The van der Waals surface area contributed by atoms with Gasteiger partial charge in [-0.25, -0.2) is 0 Å². The van der Waals surface area contributed by atoms with Crippen LogP contribution in [0.5, 0.6) is 5.75 Å². The van der Waals surface area contributed by atoms with Crippen molar-refractivity contribution in [1.29, 1.82) is 0 Å². The molecule has 0 aromatic heterocycles. The fourth-order valence-electron chi connectivity index (χ4n) is 4.69. The molecule has 8 heteroatoms. The average molecular weight is 496 g/mol. The van der Waals surface area contributed by atoms with Crippen LogP contribution in [0, 0.1) is 12.8 Å². The fraction of sp³-hybridized carbons (Fsp3) is 0.407. The molecule has 1 saturated heterocycles. The first-order chi connectivity index (χ1) is 16.8. The number of carbonyl (C=O) groups is 1. The topological polar surface area (TPSA) is 88.1 Å². The molecule has 35 heavy (non-hydrogen) atoms. The first kappa shape index (κ1) is 25.0. The lowest BCUT2D eigenvalue weighted by molar-refractivity contribution is -0.126. The minimum absolute atomic E-state index is 0.0609. The summed E-state index contributed by atoms with van der Waals surface area (Å²) in [7, 11) is -2.11. The van der Waals surface area contributed by atoms with Crippen LogP contribution in [0.2, 0.25) is 0 Å². The van der Waals surface area contributed by atoms with Crippen LogP contribution in [-0.4, -0.2) is 51.8 Å². The van der Waals surface area contributed by atoms with Gasteiger partial charge in [0.2, 0.25) is 5.91 Å². The van der Waals surface area contributed by atoms with E-state index in [0.29, 0.717) is 55.2 Å². The molecule has 1 amide bonds. The number of sulfonamides is 1. The highest BCUT2D eigenvalue weighted by Gasteiger charge is 2.36. The predicted molar refractivity (Wildman–Crippen MR) is 139 cm³/mol. The Morgan fingerprint density at radius 2 is 1.74 bits per heavy atom. The van der Waals surface area contributed by atoms with Gasteiger partial charge in [0, 0.05) is 31.1 Å². The van der Waals surface area contributed by atoms with Crippen LogP contribution in [0.25, 0.3) is 4.91 Å². The molecule has 0 atom stereocenters. The number of hydrogen-bond acceptors (Lipinski definition) is 5. The summed E-state index contributed by atoms with van der Waals surface area (Å²) in [6.07, 6.45) is 2.68.